The summed E-state index contributed by atoms with van der Waals surface area (Å²) in [7, 11) is 0. The van der Waals surface area contributed by atoms with Crippen LogP contribution >= 0.6 is 11.8 Å². The fraction of sp³-hybridized carbons (Fsp3) is 0.400. The van der Waals surface area contributed by atoms with Crippen LogP contribution in [-0.4, -0.2) is 33.9 Å². The molecular formula is C20H24N2O3S. The molecule has 2 amide bonds. The number of thioether (sulfide) groups is 1. The van der Waals surface area contributed by atoms with Crippen molar-refractivity contribution in [1.82, 2.24) is 10.2 Å². The second-order valence-corrected chi connectivity index (χ2v) is 7.96. The van der Waals surface area contributed by atoms with Crippen molar-refractivity contribution in [3.05, 3.63) is 59.5 Å². The lowest BCUT2D eigenvalue weighted by molar-refractivity contribution is -0.125. The van der Waals surface area contributed by atoms with E-state index in [1.165, 1.54) is 0 Å². The Bertz CT molecular complexity index is 773. The maximum Gasteiger partial charge on any atom is 0.255 e. The van der Waals surface area contributed by atoms with Crippen LogP contribution in [0.4, 0.5) is 0 Å². The molecule has 0 saturated carbocycles. The lowest BCUT2D eigenvalue weighted by Crippen LogP contribution is -2.50. The van der Waals surface area contributed by atoms with Crippen molar-refractivity contribution in [3.63, 3.8) is 0 Å². The van der Waals surface area contributed by atoms with Gasteiger partial charge < -0.3 is 14.6 Å². The third kappa shape index (κ3) is 3.80. The monoisotopic (exact) mass is 372 g/mol. The van der Waals surface area contributed by atoms with Crippen molar-refractivity contribution in [1.29, 1.82) is 0 Å². The van der Waals surface area contributed by atoms with Crippen molar-refractivity contribution in [2.75, 3.05) is 5.75 Å². The normalized spacial score (nSPS) is 19.8. The highest BCUT2D eigenvalue weighted by atomic mass is 32.2. The number of rotatable bonds is 5. The van der Waals surface area contributed by atoms with Crippen LogP contribution in [0.3, 0.4) is 0 Å². The van der Waals surface area contributed by atoms with Gasteiger partial charge in [0.15, 0.2) is 0 Å². The van der Waals surface area contributed by atoms with Crippen LogP contribution < -0.4 is 5.32 Å². The summed E-state index contributed by atoms with van der Waals surface area (Å²) in [5.41, 5.74) is 1.58. The van der Waals surface area contributed by atoms with Crippen molar-refractivity contribution >= 4 is 23.6 Å². The summed E-state index contributed by atoms with van der Waals surface area (Å²) in [5, 5.41) is 2.88. The summed E-state index contributed by atoms with van der Waals surface area (Å²) < 4.78 is 5.26. The standard InChI is InChI=1S/C20H24N2O3S/c1-13(2)20-22(19(24)16-9-5-4-7-14(16)3)17(12-26-20)18(23)21-11-15-8-6-10-25-15/h4-10,13,17,20H,11-12H2,1-3H3,(H,21,23). The molecule has 1 aromatic carbocycles. The third-order valence-corrected chi connectivity index (χ3v) is 6.16. The van der Waals surface area contributed by atoms with Crippen molar-refractivity contribution in [2.45, 2.75) is 38.7 Å². The number of amides is 2. The molecule has 6 heteroatoms. The molecule has 3 rings (SSSR count). The van der Waals surface area contributed by atoms with E-state index >= 15 is 0 Å². The van der Waals surface area contributed by atoms with Crippen molar-refractivity contribution < 1.29 is 14.0 Å². The van der Waals surface area contributed by atoms with Gasteiger partial charge in [0, 0.05) is 11.3 Å². The Morgan fingerprint density at radius 3 is 2.69 bits per heavy atom. The third-order valence-electron chi connectivity index (χ3n) is 4.53. The fourth-order valence-electron chi connectivity index (χ4n) is 3.16. The first-order chi connectivity index (χ1) is 12.5. The van der Waals surface area contributed by atoms with E-state index in [0.717, 1.165) is 5.56 Å². The van der Waals surface area contributed by atoms with Gasteiger partial charge in [-0.2, -0.15) is 0 Å². The average Bonchev–Trinajstić information content (AvgIpc) is 3.29. The molecule has 0 bridgehead atoms. The maximum absolute atomic E-state index is 13.2. The molecule has 2 aromatic rings. The van der Waals surface area contributed by atoms with Crippen LogP contribution in [0.15, 0.2) is 47.1 Å². The SMILES string of the molecule is Cc1ccccc1C(=O)N1C(C(=O)NCc2ccco2)CSC1C(C)C. The molecule has 2 atom stereocenters. The molecule has 1 aromatic heterocycles. The zero-order chi connectivity index (χ0) is 18.7. The molecule has 0 radical (unpaired) electrons. The van der Waals surface area contributed by atoms with Crippen LogP contribution in [0.1, 0.15) is 35.5 Å². The lowest BCUT2D eigenvalue weighted by Gasteiger charge is -2.31. The van der Waals surface area contributed by atoms with E-state index in [4.69, 9.17) is 4.42 Å². The van der Waals surface area contributed by atoms with E-state index in [2.05, 4.69) is 19.2 Å². The Balaban J connectivity index is 1.80. The molecule has 1 saturated heterocycles. The number of furan rings is 1. The molecule has 1 N–H and O–H groups in total. The van der Waals surface area contributed by atoms with Gasteiger partial charge in [0.2, 0.25) is 5.91 Å². The fourth-order valence-corrected chi connectivity index (χ4v) is 4.64. The van der Waals surface area contributed by atoms with Gasteiger partial charge >= 0.3 is 0 Å². The van der Waals surface area contributed by atoms with Gasteiger partial charge in [-0.15, -0.1) is 11.8 Å². The first-order valence-corrected chi connectivity index (χ1v) is 9.84. The smallest absolute Gasteiger partial charge is 0.255 e. The van der Waals surface area contributed by atoms with Crippen LogP contribution in [-0.2, 0) is 11.3 Å². The zero-order valence-electron chi connectivity index (χ0n) is 15.3. The molecule has 1 aliphatic rings. The molecule has 2 unspecified atom stereocenters. The summed E-state index contributed by atoms with van der Waals surface area (Å²) in [5.74, 6) is 1.34. The number of carbonyl (C=O) groups is 2. The number of aryl methyl sites for hydroxylation is 1. The number of hydrogen-bond donors (Lipinski definition) is 1. The molecule has 26 heavy (non-hydrogen) atoms. The molecule has 1 aliphatic heterocycles. The number of nitrogens with one attached hydrogen (secondary N) is 1. The van der Waals surface area contributed by atoms with Crippen LogP contribution in [0, 0.1) is 12.8 Å². The predicted octanol–water partition coefficient (Wildman–Crippen LogP) is 3.44. The first kappa shape index (κ1) is 18.6. The molecule has 138 valence electrons. The van der Waals surface area contributed by atoms with Crippen LogP contribution in [0.25, 0.3) is 0 Å². The van der Waals surface area contributed by atoms with E-state index in [1.807, 2.05) is 37.3 Å². The zero-order valence-corrected chi connectivity index (χ0v) is 16.1. The van der Waals surface area contributed by atoms with Crippen molar-refractivity contribution in [2.24, 2.45) is 5.92 Å². The maximum atomic E-state index is 13.2. The van der Waals surface area contributed by atoms with Gasteiger partial charge in [-0.05, 0) is 36.6 Å². The van der Waals surface area contributed by atoms with Crippen LogP contribution in [0.2, 0.25) is 0 Å². The van der Waals surface area contributed by atoms with E-state index in [-0.39, 0.29) is 23.1 Å². The predicted molar refractivity (Wildman–Crippen MR) is 103 cm³/mol. The summed E-state index contributed by atoms with van der Waals surface area (Å²) in [6, 6.07) is 10.7. The number of nitrogens with zero attached hydrogens (tertiary/aromatic N) is 1. The Hall–Kier alpha value is -2.21. The van der Waals surface area contributed by atoms with Crippen LogP contribution in [0.5, 0.6) is 0 Å². The largest absolute Gasteiger partial charge is 0.467 e. The van der Waals surface area contributed by atoms with Gasteiger partial charge in [0.1, 0.15) is 11.8 Å². The number of benzene rings is 1. The summed E-state index contributed by atoms with van der Waals surface area (Å²) in [6.07, 6.45) is 1.58. The van der Waals surface area contributed by atoms with E-state index in [0.29, 0.717) is 23.6 Å². The van der Waals surface area contributed by atoms with E-state index in [1.54, 1.807) is 29.0 Å². The van der Waals surface area contributed by atoms with Gasteiger partial charge in [-0.3, -0.25) is 9.59 Å². The minimum absolute atomic E-state index is 0.0125. The second-order valence-electron chi connectivity index (χ2n) is 6.81. The lowest BCUT2D eigenvalue weighted by atomic mass is 10.0. The summed E-state index contributed by atoms with van der Waals surface area (Å²) in [4.78, 5) is 27.8. The summed E-state index contributed by atoms with van der Waals surface area (Å²) in [6.45, 7) is 6.41. The molecule has 5 nitrogen and oxygen atoms in total. The molecule has 0 spiro atoms. The number of carbonyl (C=O) groups excluding carboxylic acids is 2. The minimum atomic E-state index is -0.477. The van der Waals surface area contributed by atoms with Gasteiger partial charge in [-0.1, -0.05) is 32.0 Å². The first-order valence-electron chi connectivity index (χ1n) is 8.79. The summed E-state index contributed by atoms with van der Waals surface area (Å²) >= 11 is 1.67. The van der Waals surface area contributed by atoms with Gasteiger partial charge in [0.05, 0.1) is 18.2 Å². The minimum Gasteiger partial charge on any atom is -0.467 e. The Kier molecular flexibility index (Phi) is 5.71. The van der Waals surface area contributed by atoms with E-state index in [9.17, 15) is 9.59 Å². The van der Waals surface area contributed by atoms with Gasteiger partial charge in [-0.25, -0.2) is 0 Å². The molecule has 0 aliphatic carbocycles. The topological polar surface area (TPSA) is 62.6 Å². The Labute approximate surface area is 158 Å². The quantitative estimate of drug-likeness (QED) is 0.873. The van der Waals surface area contributed by atoms with Crippen molar-refractivity contribution in [3.8, 4) is 0 Å². The molecule has 2 heterocycles. The average molecular weight is 372 g/mol. The Morgan fingerprint density at radius 1 is 1.27 bits per heavy atom. The highest BCUT2D eigenvalue weighted by Gasteiger charge is 2.43. The second kappa shape index (κ2) is 7.99. The highest BCUT2D eigenvalue weighted by molar-refractivity contribution is 8.00. The number of hydrogen-bond acceptors (Lipinski definition) is 4. The van der Waals surface area contributed by atoms with E-state index < -0.39 is 6.04 Å². The molecular weight excluding hydrogens is 348 g/mol. The Morgan fingerprint density at radius 2 is 2.04 bits per heavy atom. The molecule has 1 fully saturated rings. The highest BCUT2D eigenvalue weighted by Crippen LogP contribution is 2.35. The van der Waals surface area contributed by atoms with Gasteiger partial charge in [0.25, 0.3) is 5.91 Å².